The number of Topliss-reactive ketones (excluding diaryl/α,β-unsaturated/α-hetero) is 2. The third kappa shape index (κ3) is 1.80. The Morgan fingerprint density at radius 2 is 1.54 bits per heavy atom. The highest BCUT2D eigenvalue weighted by molar-refractivity contribution is 6.02. The van der Waals surface area contributed by atoms with Crippen LogP contribution in [0.4, 0.5) is 0 Å². The third-order valence-electron chi connectivity index (χ3n) is 3.20. The fourth-order valence-corrected chi connectivity index (χ4v) is 2.55. The first-order valence-electron chi connectivity index (χ1n) is 4.94. The van der Waals surface area contributed by atoms with Gasteiger partial charge in [0.15, 0.2) is 0 Å². The molecule has 1 heterocycles. The van der Waals surface area contributed by atoms with Crippen molar-refractivity contribution in [3.8, 4) is 0 Å². The van der Waals surface area contributed by atoms with Crippen molar-refractivity contribution in [2.75, 3.05) is 13.1 Å². The average Bonchev–Trinajstić information content (AvgIpc) is 2.02. The molecule has 13 heavy (non-hydrogen) atoms. The van der Waals surface area contributed by atoms with Crippen molar-refractivity contribution in [1.29, 1.82) is 0 Å². The van der Waals surface area contributed by atoms with Gasteiger partial charge >= 0.3 is 0 Å². The van der Waals surface area contributed by atoms with E-state index in [0.29, 0.717) is 12.8 Å². The van der Waals surface area contributed by atoms with E-state index in [1.165, 1.54) is 0 Å². The minimum absolute atomic E-state index is 0.0394. The maximum atomic E-state index is 11.3. The van der Waals surface area contributed by atoms with Gasteiger partial charge in [-0.05, 0) is 31.3 Å². The van der Waals surface area contributed by atoms with E-state index in [1.54, 1.807) is 0 Å². The highest BCUT2D eigenvalue weighted by atomic mass is 16.1. The molecule has 0 aromatic heterocycles. The first-order valence-corrected chi connectivity index (χ1v) is 4.94. The molecule has 72 valence electrons. The standard InChI is InChI=1S/C10H15NO2/c12-8-5-9(13)7-10(6-8)1-3-11-4-2-10/h11H,1-7H2. The highest BCUT2D eigenvalue weighted by Crippen LogP contribution is 2.40. The molecule has 1 aliphatic heterocycles. The fourth-order valence-electron chi connectivity index (χ4n) is 2.55. The smallest absolute Gasteiger partial charge is 0.140 e. The lowest BCUT2D eigenvalue weighted by Gasteiger charge is -2.39. The second-order valence-corrected chi connectivity index (χ2v) is 4.36. The van der Waals surface area contributed by atoms with Gasteiger partial charge in [-0.1, -0.05) is 0 Å². The Labute approximate surface area is 77.9 Å². The summed E-state index contributed by atoms with van der Waals surface area (Å²) in [4.78, 5) is 22.6. The zero-order chi connectivity index (χ0) is 9.31. The van der Waals surface area contributed by atoms with Crippen molar-refractivity contribution >= 4 is 11.6 Å². The van der Waals surface area contributed by atoms with Crippen LogP contribution >= 0.6 is 0 Å². The third-order valence-corrected chi connectivity index (χ3v) is 3.20. The quantitative estimate of drug-likeness (QED) is 0.559. The molecule has 1 spiro atoms. The monoisotopic (exact) mass is 181 g/mol. The summed E-state index contributed by atoms with van der Waals surface area (Å²) < 4.78 is 0. The van der Waals surface area contributed by atoms with Gasteiger partial charge in [-0.25, -0.2) is 0 Å². The van der Waals surface area contributed by atoms with Crippen molar-refractivity contribution in [3.63, 3.8) is 0 Å². The molecule has 3 heteroatoms. The van der Waals surface area contributed by atoms with Crippen molar-refractivity contribution in [3.05, 3.63) is 0 Å². The second kappa shape index (κ2) is 3.22. The summed E-state index contributed by atoms with van der Waals surface area (Å²) in [5, 5.41) is 3.26. The topological polar surface area (TPSA) is 46.2 Å². The van der Waals surface area contributed by atoms with E-state index >= 15 is 0 Å². The normalized spacial score (nSPS) is 28.0. The van der Waals surface area contributed by atoms with Crippen molar-refractivity contribution < 1.29 is 9.59 Å². The Kier molecular flexibility index (Phi) is 2.20. The van der Waals surface area contributed by atoms with Crippen LogP contribution in [0.5, 0.6) is 0 Å². The number of hydrogen-bond donors (Lipinski definition) is 1. The van der Waals surface area contributed by atoms with E-state index < -0.39 is 0 Å². The molecule has 1 N–H and O–H groups in total. The lowest BCUT2D eigenvalue weighted by atomic mass is 9.67. The van der Waals surface area contributed by atoms with E-state index in [1.807, 2.05) is 0 Å². The Bertz CT molecular complexity index is 223. The maximum absolute atomic E-state index is 11.3. The van der Waals surface area contributed by atoms with Gasteiger partial charge in [-0.15, -0.1) is 0 Å². The highest BCUT2D eigenvalue weighted by Gasteiger charge is 2.39. The summed E-state index contributed by atoms with van der Waals surface area (Å²) in [7, 11) is 0. The Balaban J connectivity index is 2.11. The van der Waals surface area contributed by atoms with Gasteiger partial charge in [0.05, 0.1) is 6.42 Å². The summed E-state index contributed by atoms with van der Waals surface area (Å²) in [5.74, 6) is 0.302. The lowest BCUT2D eigenvalue weighted by Crippen LogP contribution is -2.42. The number of carbonyl (C=O) groups excluding carboxylic acids is 2. The van der Waals surface area contributed by atoms with Gasteiger partial charge in [0.25, 0.3) is 0 Å². The molecule has 1 saturated heterocycles. The molecule has 1 aliphatic carbocycles. The molecule has 0 amide bonds. The zero-order valence-electron chi connectivity index (χ0n) is 7.77. The van der Waals surface area contributed by atoms with Gasteiger partial charge in [0.1, 0.15) is 11.6 Å². The number of ketones is 2. The van der Waals surface area contributed by atoms with Crippen LogP contribution in [0.25, 0.3) is 0 Å². The summed E-state index contributed by atoms with van der Waals surface area (Å²) in [6, 6.07) is 0. The number of carbonyl (C=O) groups is 2. The van der Waals surface area contributed by atoms with Crippen LogP contribution < -0.4 is 5.32 Å². The zero-order valence-corrected chi connectivity index (χ0v) is 7.77. The molecule has 0 radical (unpaired) electrons. The Morgan fingerprint density at radius 3 is 2.08 bits per heavy atom. The predicted molar refractivity (Wildman–Crippen MR) is 48.4 cm³/mol. The summed E-state index contributed by atoms with van der Waals surface area (Å²) in [6.07, 6.45) is 3.45. The summed E-state index contributed by atoms with van der Waals surface area (Å²) in [6.45, 7) is 1.92. The van der Waals surface area contributed by atoms with E-state index in [4.69, 9.17) is 0 Å². The largest absolute Gasteiger partial charge is 0.317 e. The molecule has 0 aromatic carbocycles. The molecule has 0 bridgehead atoms. The number of hydrogen-bond acceptors (Lipinski definition) is 3. The molecule has 0 unspecified atom stereocenters. The Hall–Kier alpha value is -0.700. The minimum atomic E-state index is 0.0394. The second-order valence-electron chi connectivity index (χ2n) is 4.36. The van der Waals surface area contributed by atoms with Crippen LogP contribution in [-0.2, 0) is 9.59 Å². The molecule has 2 fully saturated rings. The minimum Gasteiger partial charge on any atom is -0.317 e. The van der Waals surface area contributed by atoms with Crippen LogP contribution in [0, 0.1) is 5.41 Å². The molecule has 1 saturated carbocycles. The first kappa shape index (κ1) is 8.88. The number of nitrogens with one attached hydrogen (secondary N) is 1. The average molecular weight is 181 g/mol. The lowest BCUT2D eigenvalue weighted by molar-refractivity contribution is -0.135. The molecular formula is C10H15NO2. The molecule has 2 aliphatic rings. The van der Waals surface area contributed by atoms with Crippen LogP contribution in [0.1, 0.15) is 32.1 Å². The number of rotatable bonds is 0. The van der Waals surface area contributed by atoms with Gasteiger partial charge in [-0.2, -0.15) is 0 Å². The molecule has 2 rings (SSSR count). The van der Waals surface area contributed by atoms with Crippen molar-refractivity contribution in [2.45, 2.75) is 32.1 Å². The van der Waals surface area contributed by atoms with Crippen LogP contribution in [0.3, 0.4) is 0 Å². The van der Waals surface area contributed by atoms with Gasteiger partial charge in [0, 0.05) is 12.8 Å². The first-order chi connectivity index (χ1) is 6.20. The van der Waals surface area contributed by atoms with Crippen molar-refractivity contribution in [2.24, 2.45) is 5.41 Å². The van der Waals surface area contributed by atoms with Crippen LogP contribution in [0.2, 0.25) is 0 Å². The van der Waals surface area contributed by atoms with Crippen LogP contribution in [0.15, 0.2) is 0 Å². The predicted octanol–water partition coefficient (Wildman–Crippen LogP) is 0.678. The van der Waals surface area contributed by atoms with E-state index in [-0.39, 0.29) is 23.4 Å². The van der Waals surface area contributed by atoms with E-state index in [2.05, 4.69) is 5.32 Å². The van der Waals surface area contributed by atoms with E-state index in [0.717, 1.165) is 25.9 Å². The molecule has 0 atom stereocenters. The number of piperidine rings is 1. The summed E-state index contributed by atoms with van der Waals surface area (Å²) in [5.41, 5.74) is 0.0394. The van der Waals surface area contributed by atoms with Crippen molar-refractivity contribution in [1.82, 2.24) is 5.32 Å². The van der Waals surface area contributed by atoms with E-state index in [9.17, 15) is 9.59 Å². The Morgan fingerprint density at radius 1 is 1.00 bits per heavy atom. The fraction of sp³-hybridized carbons (Fsp3) is 0.800. The summed E-state index contributed by atoms with van der Waals surface area (Å²) >= 11 is 0. The SMILES string of the molecule is O=C1CC(=O)CC2(CCNCC2)C1. The van der Waals surface area contributed by atoms with Gasteiger partial charge in [0.2, 0.25) is 0 Å². The van der Waals surface area contributed by atoms with Crippen LogP contribution in [-0.4, -0.2) is 24.7 Å². The maximum Gasteiger partial charge on any atom is 0.140 e. The molecule has 0 aromatic rings. The molecule has 3 nitrogen and oxygen atoms in total. The van der Waals surface area contributed by atoms with Gasteiger partial charge in [-0.3, -0.25) is 9.59 Å². The molecular weight excluding hydrogens is 166 g/mol. The van der Waals surface area contributed by atoms with Gasteiger partial charge < -0.3 is 5.32 Å².